The zero-order valence-corrected chi connectivity index (χ0v) is 12.3. The molecular formula is C17H15N3O2. The molecule has 5 heteroatoms. The lowest BCUT2D eigenvalue weighted by molar-refractivity contribution is 0.0697. The summed E-state index contributed by atoms with van der Waals surface area (Å²) >= 11 is 0. The van der Waals surface area contributed by atoms with Crippen LogP contribution in [0, 0.1) is 13.8 Å². The van der Waals surface area contributed by atoms with Crippen molar-refractivity contribution >= 4 is 5.97 Å². The predicted octanol–water partition coefficient (Wildman–Crippen LogP) is 3.25. The SMILES string of the molecule is Cc1cccc(-n2cc(-c3ccc(C(=O)O)cc3)nn2)c1C. The first kappa shape index (κ1) is 14.0. The van der Waals surface area contributed by atoms with E-state index in [0.29, 0.717) is 5.69 Å². The Balaban J connectivity index is 1.97. The smallest absolute Gasteiger partial charge is 0.335 e. The second-order valence-corrected chi connectivity index (χ2v) is 5.15. The summed E-state index contributed by atoms with van der Waals surface area (Å²) in [6, 6.07) is 12.6. The quantitative estimate of drug-likeness (QED) is 0.805. The first-order chi connectivity index (χ1) is 10.6. The highest BCUT2D eigenvalue weighted by Crippen LogP contribution is 2.21. The van der Waals surface area contributed by atoms with E-state index in [4.69, 9.17) is 5.11 Å². The van der Waals surface area contributed by atoms with Gasteiger partial charge in [0.15, 0.2) is 0 Å². The van der Waals surface area contributed by atoms with Crippen LogP contribution in [0.1, 0.15) is 21.5 Å². The number of aromatic carboxylic acids is 1. The highest BCUT2D eigenvalue weighted by atomic mass is 16.4. The Bertz CT molecular complexity index is 835. The van der Waals surface area contributed by atoms with E-state index in [-0.39, 0.29) is 5.56 Å². The molecule has 0 unspecified atom stereocenters. The number of benzene rings is 2. The highest BCUT2D eigenvalue weighted by Gasteiger charge is 2.09. The fraction of sp³-hybridized carbons (Fsp3) is 0.118. The summed E-state index contributed by atoms with van der Waals surface area (Å²) in [6.07, 6.45) is 1.84. The Morgan fingerprint density at radius 1 is 1.09 bits per heavy atom. The van der Waals surface area contributed by atoms with Gasteiger partial charge in [0.25, 0.3) is 0 Å². The van der Waals surface area contributed by atoms with Crippen molar-refractivity contribution in [2.24, 2.45) is 0 Å². The van der Waals surface area contributed by atoms with Crippen molar-refractivity contribution < 1.29 is 9.90 Å². The van der Waals surface area contributed by atoms with E-state index in [1.165, 1.54) is 5.56 Å². The molecule has 0 fully saturated rings. The molecule has 0 spiro atoms. The molecular weight excluding hydrogens is 278 g/mol. The molecule has 1 heterocycles. The van der Waals surface area contributed by atoms with Crippen molar-refractivity contribution in [3.63, 3.8) is 0 Å². The minimum atomic E-state index is -0.939. The Morgan fingerprint density at radius 3 is 2.50 bits per heavy atom. The molecule has 3 rings (SSSR count). The number of hydrogen-bond acceptors (Lipinski definition) is 3. The zero-order valence-electron chi connectivity index (χ0n) is 12.3. The maximum atomic E-state index is 10.9. The molecule has 110 valence electrons. The molecule has 0 atom stereocenters. The second-order valence-electron chi connectivity index (χ2n) is 5.15. The summed E-state index contributed by atoms with van der Waals surface area (Å²) in [4.78, 5) is 10.9. The molecule has 0 bridgehead atoms. The maximum Gasteiger partial charge on any atom is 0.335 e. The van der Waals surface area contributed by atoms with Gasteiger partial charge < -0.3 is 5.11 Å². The van der Waals surface area contributed by atoms with Gasteiger partial charge in [-0.2, -0.15) is 0 Å². The Labute approximate surface area is 127 Å². The predicted molar refractivity (Wildman–Crippen MR) is 83.2 cm³/mol. The third-order valence-corrected chi connectivity index (χ3v) is 3.74. The summed E-state index contributed by atoms with van der Waals surface area (Å²) in [5, 5.41) is 17.3. The fourth-order valence-electron chi connectivity index (χ4n) is 2.28. The molecule has 1 aromatic heterocycles. The maximum absolute atomic E-state index is 10.9. The molecule has 0 radical (unpaired) electrons. The van der Waals surface area contributed by atoms with Crippen molar-refractivity contribution in [1.29, 1.82) is 0 Å². The number of carbonyl (C=O) groups is 1. The fourth-order valence-corrected chi connectivity index (χ4v) is 2.28. The van der Waals surface area contributed by atoms with Gasteiger partial charge in [-0.1, -0.05) is 29.5 Å². The van der Waals surface area contributed by atoms with Gasteiger partial charge in [0, 0.05) is 5.56 Å². The van der Waals surface area contributed by atoms with Gasteiger partial charge in [0.1, 0.15) is 5.69 Å². The summed E-state index contributed by atoms with van der Waals surface area (Å²) < 4.78 is 1.74. The van der Waals surface area contributed by atoms with E-state index in [0.717, 1.165) is 16.8 Å². The monoisotopic (exact) mass is 293 g/mol. The van der Waals surface area contributed by atoms with E-state index in [1.807, 2.05) is 25.3 Å². The highest BCUT2D eigenvalue weighted by molar-refractivity contribution is 5.88. The molecule has 3 aromatic rings. The Hall–Kier alpha value is -2.95. The third kappa shape index (κ3) is 2.48. The molecule has 2 aromatic carbocycles. The van der Waals surface area contributed by atoms with Crippen molar-refractivity contribution in [2.45, 2.75) is 13.8 Å². The van der Waals surface area contributed by atoms with Crippen LogP contribution in [0.4, 0.5) is 0 Å². The molecule has 1 N–H and O–H groups in total. The second kappa shape index (κ2) is 5.44. The summed E-state index contributed by atoms with van der Waals surface area (Å²) in [7, 11) is 0. The van der Waals surface area contributed by atoms with E-state index < -0.39 is 5.97 Å². The van der Waals surface area contributed by atoms with Gasteiger partial charge in [-0.05, 0) is 43.2 Å². The summed E-state index contributed by atoms with van der Waals surface area (Å²) in [6.45, 7) is 4.11. The van der Waals surface area contributed by atoms with Crippen LogP contribution in [-0.2, 0) is 0 Å². The lowest BCUT2D eigenvalue weighted by Crippen LogP contribution is -1.99. The molecule has 0 saturated carbocycles. The van der Waals surface area contributed by atoms with Gasteiger partial charge in [0.05, 0.1) is 17.4 Å². The lowest BCUT2D eigenvalue weighted by Gasteiger charge is -2.06. The van der Waals surface area contributed by atoms with E-state index in [2.05, 4.69) is 23.3 Å². The van der Waals surface area contributed by atoms with Crippen molar-refractivity contribution in [1.82, 2.24) is 15.0 Å². The van der Waals surface area contributed by atoms with Gasteiger partial charge in [-0.3, -0.25) is 0 Å². The molecule has 22 heavy (non-hydrogen) atoms. The Morgan fingerprint density at radius 2 is 1.82 bits per heavy atom. The largest absolute Gasteiger partial charge is 0.478 e. The van der Waals surface area contributed by atoms with Crippen molar-refractivity contribution in [2.75, 3.05) is 0 Å². The van der Waals surface area contributed by atoms with Crippen LogP contribution >= 0.6 is 0 Å². The van der Waals surface area contributed by atoms with Crippen LogP contribution in [0.3, 0.4) is 0 Å². The summed E-state index contributed by atoms with van der Waals surface area (Å²) in [5.74, 6) is -0.939. The van der Waals surface area contributed by atoms with Crippen LogP contribution < -0.4 is 0 Å². The van der Waals surface area contributed by atoms with Crippen LogP contribution in [0.5, 0.6) is 0 Å². The number of aromatic nitrogens is 3. The number of hydrogen-bond donors (Lipinski definition) is 1. The number of aryl methyl sites for hydroxylation is 1. The topological polar surface area (TPSA) is 68.0 Å². The van der Waals surface area contributed by atoms with Gasteiger partial charge in [0.2, 0.25) is 0 Å². The standard InChI is InChI=1S/C17H15N3O2/c1-11-4-3-5-16(12(11)2)20-10-15(18-19-20)13-6-8-14(9-7-13)17(21)22/h3-10H,1-2H3,(H,21,22). The molecule has 0 aliphatic heterocycles. The van der Waals surface area contributed by atoms with Crippen LogP contribution in [-0.4, -0.2) is 26.1 Å². The summed E-state index contributed by atoms with van der Waals surface area (Å²) in [5.41, 5.74) is 5.13. The normalized spacial score (nSPS) is 10.6. The van der Waals surface area contributed by atoms with Crippen LogP contribution in [0.15, 0.2) is 48.7 Å². The van der Waals surface area contributed by atoms with Gasteiger partial charge in [-0.15, -0.1) is 5.10 Å². The number of rotatable bonds is 3. The third-order valence-electron chi connectivity index (χ3n) is 3.74. The molecule has 5 nitrogen and oxygen atoms in total. The Kier molecular flexibility index (Phi) is 3.47. The van der Waals surface area contributed by atoms with E-state index >= 15 is 0 Å². The zero-order chi connectivity index (χ0) is 15.7. The molecule has 0 aliphatic rings. The van der Waals surface area contributed by atoms with Crippen LogP contribution in [0.2, 0.25) is 0 Å². The molecule has 0 amide bonds. The van der Waals surface area contributed by atoms with E-state index in [1.54, 1.807) is 28.9 Å². The molecule has 0 saturated heterocycles. The van der Waals surface area contributed by atoms with Gasteiger partial charge >= 0.3 is 5.97 Å². The van der Waals surface area contributed by atoms with Crippen LogP contribution in [0.25, 0.3) is 16.9 Å². The molecule has 0 aliphatic carbocycles. The average Bonchev–Trinajstić information content (AvgIpc) is 3.00. The first-order valence-electron chi connectivity index (χ1n) is 6.89. The first-order valence-corrected chi connectivity index (χ1v) is 6.89. The number of carboxylic acid groups (broad SMARTS) is 1. The van der Waals surface area contributed by atoms with Crippen molar-refractivity contribution in [3.8, 4) is 16.9 Å². The number of nitrogens with zero attached hydrogens (tertiary/aromatic N) is 3. The van der Waals surface area contributed by atoms with E-state index in [9.17, 15) is 4.79 Å². The minimum absolute atomic E-state index is 0.255. The lowest BCUT2D eigenvalue weighted by atomic mass is 10.1. The number of carboxylic acids is 1. The average molecular weight is 293 g/mol. The minimum Gasteiger partial charge on any atom is -0.478 e. The van der Waals surface area contributed by atoms with Crippen molar-refractivity contribution in [3.05, 3.63) is 65.4 Å². The van der Waals surface area contributed by atoms with Gasteiger partial charge in [-0.25, -0.2) is 9.48 Å².